The maximum atomic E-state index is 11.6. The van der Waals surface area contributed by atoms with Crippen LogP contribution < -0.4 is 11.1 Å². The van der Waals surface area contributed by atoms with E-state index in [1.54, 1.807) is 6.08 Å². The lowest BCUT2D eigenvalue weighted by Gasteiger charge is -2.29. The summed E-state index contributed by atoms with van der Waals surface area (Å²) in [4.78, 5) is 11.6. The molecule has 1 saturated carbocycles. The Morgan fingerprint density at radius 2 is 2.28 bits per heavy atom. The zero-order chi connectivity index (χ0) is 13.0. The topological polar surface area (TPSA) is 64.3 Å². The summed E-state index contributed by atoms with van der Waals surface area (Å²) >= 11 is 0. The van der Waals surface area contributed by atoms with Gasteiger partial charge in [-0.3, -0.25) is 4.79 Å². The van der Waals surface area contributed by atoms with Gasteiger partial charge >= 0.3 is 5.97 Å². The predicted molar refractivity (Wildman–Crippen MR) is 71.0 cm³/mol. The Balaban J connectivity index is 1.81. The number of rotatable bonds is 5. The molecule has 1 aliphatic carbocycles. The molecule has 1 aliphatic heterocycles. The second-order valence-corrected chi connectivity index (χ2v) is 5.48. The molecule has 0 radical (unpaired) electrons. The highest BCUT2D eigenvalue weighted by atomic mass is 16.5. The first-order valence-corrected chi connectivity index (χ1v) is 6.99. The van der Waals surface area contributed by atoms with E-state index in [0.717, 1.165) is 13.0 Å². The second kappa shape index (κ2) is 6.34. The van der Waals surface area contributed by atoms with Crippen LogP contribution in [0.2, 0.25) is 0 Å². The van der Waals surface area contributed by atoms with Crippen molar-refractivity contribution in [2.75, 3.05) is 13.2 Å². The predicted octanol–water partition coefficient (Wildman–Crippen LogP) is 1.21. The summed E-state index contributed by atoms with van der Waals surface area (Å²) in [7, 11) is 0. The second-order valence-electron chi connectivity index (χ2n) is 5.48. The normalized spacial score (nSPS) is 32.6. The molecule has 4 heteroatoms. The number of carbonyl (C=O) groups excluding carboxylic acids is 1. The Labute approximate surface area is 109 Å². The van der Waals surface area contributed by atoms with E-state index < -0.39 is 6.04 Å². The van der Waals surface area contributed by atoms with Crippen molar-refractivity contribution in [2.45, 2.75) is 44.2 Å². The van der Waals surface area contributed by atoms with Crippen molar-refractivity contribution in [3.63, 3.8) is 0 Å². The molecule has 102 valence electrons. The van der Waals surface area contributed by atoms with Crippen LogP contribution in [0.4, 0.5) is 0 Å². The largest absolute Gasteiger partial charge is 0.460 e. The Kier molecular flexibility index (Phi) is 4.78. The van der Waals surface area contributed by atoms with Crippen LogP contribution in [-0.2, 0) is 9.53 Å². The summed E-state index contributed by atoms with van der Waals surface area (Å²) in [5, 5.41) is 3.57. The average molecular weight is 252 g/mol. The molecule has 2 fully saturated rings. The van der Waals surface area contributed by atoms with Crippen LogP contribution in [-0.4, -0.2) is 31.2 Å². The molecule has 0 amide bonds. The number of ether oxygens (including phenoxy) is 1. The minimum Gasteiger partial charge on any atom is -0.460 e. The number of nitrogens with two attached hydrogens (primary N) is 1. The molecule has 1 saturated heterocycles. The minimum atomic E-state index is -0.488. The van der Waals surface area contributed by atoms with Gasteiger partial charge in [-0.2, -0.15) is 0 Å². The van der Waals surface area contributed by atoms with E-state index in [4.69, 9.17) is 10.5 Å². The number of hydrogen-bond donors (Lipinski definition) is 2. The molecule has 1 heterocycles. The third kappa shape index (κ3) is 3.12. The van der Waals surface area contributed by atoms with Crippen molar-refractivity contribution in [2.24, 2.45) is 17.6 Å². The molecule has 18 heavy (non-hydrogen) atoms. The smallest absolute Gasteiger partial charge is 0.323 e. The fraction of sp³-hybridized carbons (Fsp3) is 0.786. The summed E-state index contributed by atoms with van der Waals surface area (Å²) < 4.78 is 5.00. The van der Waals surface area contributed by atoms with Gasteiger partial charge in [0.1, 0.15) is 12.6 Å². The van der Waals surface area contributed by atoms with Gasteiger partial charge in [-0.25, -0.2) is 0 Å². The third-order valence-electron chi connectivity index (χ3n) is 4.27. The SMILES string of the molecule is C=CCOC(=O)C(N)CC1CNC2CCCCC12. The highest BCUT2D eigenvalue weighted by molar-refractivity contribution is 5.75. The van der Waals surface area contributed by atoms with Gasteiger partial charge in [0.2, 0.25) is 0 Å². The van der Waals surface area contributed by atoms with Crippen LogP contribution in [0.1, 0.15) is 32.1 Å². The van der Waals surface area contributed by atoms with E-state index in [1.807, 2.05) is 0 Å². The number of fused-ring (bicyclic) bond motifs is 1. The summed E-state index contributed by atoms with van der Waals surface area (Å²) in [5.74, 6) is 0.938. The average Bonchev–Trinajstić information content (AvgIpc) is 2.79. The lowest BCUT2D eigenvalue weighted by Crippen LogP contribution is -2.36. The molecule has 4 atom stereocenters. The van der Waals surface area contributed by atoms with E-state index >= 15 is 0 Å². The van der Waals surface area contributed by atoms with E-state index in [0.29, 0.717) is 17.9 Å². The summed E-state index contributed by atoms with van der Waals surface area (Å²) in [6.45, 7) is 4.77. The molecular weight excluding hydrogens is 228 g/mol. The molecular formula is C14H24N2O2. The molecule has 4 nitrogen and oxygen atoms in total. The Morgan fingerprint density at radius 1 is 1.50 bits per heavy atom. The lowest BCUT2D eigenvalue weighted by atomic mass is 9.78. The number of nitrogens with one attached hydrogen (secondary N) is 1. The van der Waals surface area contributed by atoms with Crippen LogP contribution in [0.15, 0.2) is 12.7 Å². The van der Waals surface area contributed by atoms with Crippen LogP contribution >= 0.6 is 0 Å². The van der Waals surface area contributed by atoms with Crippen LogP contribution in [0.3, 0.4) is 0 Å². The Bertz CT molecular complexity index is 306. The first-order chi connectivity index (χ1) is 8.72. The van der Waals surface area contributed by atoms with Crippen molar-refractivity contribution in [1.29, 1.82) is 0 Å². The molecule has 2 aliphatic rings. The van der Waals surface area contributed by atoms with Crippen LogP contribution in [0.5, 0.6) is 0 Å². The lowest BCUT2D eigenvalue weighted by molar-refractivity contribution is -0.144. The first-order valence-electron chi connectivity index (χ1n) is 6.99. The summed E-state index contributed by atoms with van der Waals surface area (Å²) in [5.41, 5.74) is 5.92. The maximum Gasteiger partial charge on any atom is 0.323 e. The van der Waals surface area contributed by atoms with E-state index in [2.05, 4.69) is 11.9 Å². The quantitative estimate of drug-likeness (QED) is 0.570. The van der Waals surface area contributed by atoms with Gasteiger partial charge < -0.3 is 15.8 Å². The fourth-order valence-corrected chi connectivity index (χ4v) is 3.36. The Morgan fingerprint density at radius 3 is 3.06 bits per heavy atom. The molecule has 0 aromatic carbocycles. The zero-order valence-electron chi connectivity index (χ0n) is 10.9. The highest BCUT2D eigenvalue weighted by Gasteiger charge is 2.38. The summed E-state index contributed by atoms with van der Waals surface area (Å²) in [6.07, 6.45) is 7.50. The van der Waals surface area contributed by atoms with E-state index in [1.165, 1.54) is 25.7 Å². The van der Waals surface area contributed by atoms with Crippen molar-refractivity contribution in [3.05, 3.63) is 12.7 Å². The monoisotopic (exact) mass is 252 g/mol. The maximum absolute atomic E-state index is 11.6. The first kappa shape index (κ1) is 13.6. The molecule has 0 aromatic heterocycles. The van der Waals surface area contributed by atoms with Gasteiger partial charge in [0.25, 0.3) is 0 Å². The number of esters is 1. The fourth-order valence-electron chi connectivity index (χ4n) is 3.36. The minimum absolute atomic E-state index is 0.251. The van der Waals surface area contributed by atoms with Gasteiger partial charge in [0.15, 0.2) is 0 Å². The zero-order valence-corrected chi connectivity index (χ0v) is 10.9. The van der Waals surface area contributed by atoms with E-state index in [-0.39, 0.29) is 12.6 Å². The molecule has 2 rings (SSSR count). The van der Waals surface area contributed by atoms with E-state index in [9.17, 15) is 4.79 Å². The van der Waals surface area contributed by atoms with Gasteiger partial charge in [0, 0.05) is 6.04 Å². The van der Waals surface area contributed by atoms with Crippen LogP contribution in [0.25, 0.3) is 0 Å². The number of carbonyl (C=O) groups is 1. The number of hydrogen-bond acceptors (Lipinski definition) is 4. The van der Waals surface area contributed by atoms with Crippen molar-refractivity contribution in [1.82, 2.24) is 5.32 Å². The van der Waals surface area contributed by atoms with Gasteiger partial charge in [-0.15, -0.1) is 0 Å². The van der Waals surface area contributed by atoms with Gasteiger partial charge in [-0.1, -0.05) is 25.5 Å². The van der Waals surface area contributed by atoms with Crippen molar-refractivity contribution in [3.8, 4) is 0 Å². The third-order valence-corrected chi connectivity index (χ3v) is 4.27. The Hall–Kier alpha value is -0.870. The standard InChI is InChI=1S/C14H24N2O2/c1-2-7-18-14(17)12(15)8-10-9-16-13-6-4-3-5-11(10)13/h2,10-13,16H,1,3-9,15H2. The molecule has 4 unspecified atom stereocenters. The molecule has 0 bridgehead atoms. The molecule has 3 N–H and O–H groups in total. The van der Waals surface area contributed by atoms with Gasteiger partial charge in [0.05, 0.1) is 0 Å². The van der Waals surface area contributed by atoms with Crippen molar-refractivity contribution >= 4 is 5.97 Å². The van der Waals surface area contributed by atoms with Crippen molar-refractivity contribution < 1.29 is 9.53 Å². The van der Waals surface area contributed by atoms with Crippen LogP contribution in [0, 0.1) is 11.8 Å². The van der Waals surface area contributed by atoms with Gasteiger partial charge in [-0.05, 0) is 37.6 Å². The highest BCUT2D eigenvalue weighted by Crippen LogP contribution is 2.36. The molecule has 0 spiro atoms. The summed E-state index contributed by atoms with van der Waals surface area (Å²) in [6, 6.07) is 0.164. The molecule has 0 aromatic rings.